The van der Waals surface area contributed by atoms with Crippen LogP contribution in [0.5, 0.6) is 5.75 Å². The van der Waals surface area contributed by atoms with Crippen LogP contribution in [0.2, 0.25) is 0 Å². The Morgan fingerprint density at radius 1 is 0.903 bits per heavy atom. The number of hydrogen-bond donors (Lipinski definition) is 1. The summed E-state index contributed by atoms with van der Waals surface area (Å²) in [7, 11) is 0. The molecule has 0 aliphatic heterocycles. The van der Waals surface area contributed by atoms with Crippen molar-refractivity contribution >= 4 is 16.9 Å². The van der Waals surface area contributed by atoms with E-state index in [0.29, 0.717) is 19.4 Å². The lowest BCUT2D eigenvalue weighted by atomic mass is 10.0. The van der Waals surface area contributed by atoms with Gasteiger partial charge in [0.05, 0.1) is 12.1 Å². The summed E-state index contributed by atoms with van der Waals surface area (Å²) in [5, 5.41) is 11.1. The van der Waals surface area contributed by atoms with E-state index in [1.807, 2.05) is 25.1 Å². The molecule has 0 fully saturated rings. The lowest BCUT2D eigenvalue weighted by Crippen LogP contribution is -2.05. The van der Waals surface area contributed by atoms with Gasteiger partial charge in [-0.2, -0.15) is 0 Å². The molecule has 1 aromatic heterocycles. The molecule has 4 nitrogen and oxygen atoms in total. The van der Waals surface area contributed by atoms with Gasteiger partial charge in [0, 0.05) is 29.8 Å². The molecule has 0 aliphatic rings. The van der Waals surface area contributed by atoms with Gasteiger partial charge in [0.25, 0.3) is 0 Å². The van der Waals surface area contributed by atoms with Gasteiger partial charge in [0.15, 0.2) is 0 Å². The van der Waals surface area contributed by atoms with Crippen LogP contribution in [-0.4, -0.2) is 22.2 Å². The topological polar surface area (TPSA) is 51.5 Å². The summed E-state index contributed by atoms with van der Waals surface area (Å²) in [6.07, 6.45) is 5.06. The molecule has 3 aromatic carbocycles. The number of esters is 1. The van der Waals surface area contributed by atoms with Crippen LogP contribution in [0.1, 0.15) is 30.0 Å². The zero-order chi connectivity index (χ0) is 21.6. The van der Waals surface area contributed by atoms with Gasteiger partial charge in [-0.25, -0.2) is 0 Å². The molecular formula is C27H27NO3. The molecule has 0 bridgehead atoms. The Balaban J connectivity index is 1.68. The number of carbonyl (C=O) groups excluding carboxylic acids is 1. The molecule has 0 amide bonds. The number of phenolic OH excluding ortho intramolecular Hbond substituents is 1. The van der Waals surface area contributed by atoms with Crippen molar-refractivity contribution in [2.45, 2.75) is 32.6 Å². The molecule has 0 unspecified atom stereocenters. The summed E-state index contributed by atoms with van der Waals surface area (Å²) in [5.41, 5.74) is 5.69. The van der Waals surface area contributed by atoms with Crippen LogP contribution in [0, 0.1) is 0 Å². The Kier molecular flexibility index (Phi) is 6.37. The first-order valence-electron chi connectivity index (χ1n) is 10.8. The van der Waals surface area contributed by atoms with Crippen LogP contribution in [0.3, 0.4) is 0 Å². The number of aryl methyl sites for hydroxylation is 3. The Bertz CT molecular complexity index is 1180. The van der Waals surface area contributed by atoms with Crippen molar-refractivity contribution in [1.82, 2.24) is 4.57 Å². The van der Waals surface area contributed by atoms with Gasteiger partial charge in [0.1, 0.15) is 5.75 Å². The Morgan fingerprint density at radius 2 is 1.74 bits per heavy atom. The van der Waals surface area contributed by atoms with Gasteiger partial charge in [-0.15, -0.1) is 0 Å². The fourth-order valence-corrected chi connectivity index (χ4v) is 3.96. The Hall–Kier alpha value is -3.53. The zero-order valence-corrected chi connectivity index (χ0v) is 17.8. The number of aromatic nitrogens is 1. The highest BCUT2D eigenvalue weighted by Crippen LogP contribution is 2.29. The predicted molar refractivity (Wildman–Crippen MR) is 124 cm³/mol. The highest BCUT2D eigenvalue weighted by atomic mass is 16.5. The summed E-state index contributed by atoms with van der Waals surface area (Å²) in [6.45, 7) is 2.24. The van der Waals surface area contributed by atoms with E-state index in [2.05, 4.69) is 53.2 Å². The Morgan fingerprint density at radius 3 is 2.52 bits per heavy atom. The van der Waals surface area contributed by atoms with E-state index in [-0.39, 0.29) is 11.7 Å². The number of hydrogen-bond acceptors (Lipinski definition) is 3. The van der Waals surface area contributed by atoms with Crippen LogP contribution in [0.25, 0.3) is 16.6 Å². The maximum atomic E-state index is 11.8. The first-order valence-corrected chi connectivity index (χ1v) is 10.8. The van der Waals surface area contributed by atoms with E-state index in [4.69, 9.17) is 4.74 Å². The lowest BCUT2D eigenvalue weighted by Gasteiger charge is -2.07. The number of rotatable bonds is 8. The highest BCUT2D eigenvalue weighted by molar-refractivity contribution is 5.86. The van der Waals surface area contributed by atoms with E-state index < -0.39 is 0 Å². The number of nitrogens with zero attached hydrogens (tertiary/aromatic N) is 1. The van der Waals surface area contributed by atoms with Crippen molar-refractivity contribution in [1.29, 1.82) is 0 Å². The summed E-state index contributed by atoms with van der Waals surface area (Å²) in [4.78, 5) is 11.8. The standard InChI is InChI=1S/C27H27NO3/c1-2-31-27(30)16-13-21-12-15-26-25(17-21)22(14-11-20-7-4-3-5-8-20)19-28(26)23-9-6-10-24(29)18-23/h3-10,12,15,17-19,29H,2,11,13-14,16H2,1H3. The van der Waals surface area contributed by atoms with E-state index in [0.717, 1.165) is 29.6 Å². The molecule has 4 aromatic rings. The van der Waals surface area contributed by atoms with Gasteiger partial charge in [-0.1, -0.05) is 42.5 Å². The molecule has 158 valence electrons. The molecular weight excluding hydrogens is 386 g/mol. The molecule has 0 saturated heterocycles. The van der Waals surface area contributed by atoms with Crippen molar-refractivity contribution < 1.29 is 14.6 Å². The molecule has 0 spiro atoms. The first kappa shape index (κ1) is 20.7. The number of ether oxygens (including phenoxy) is 1. The number of fused-ring (bicyclic) bond motifs is 1. The van der Waals surface area contributed by atoms with Crippen molar-refractivity contribution in [2.24, 2.45) is 0 Å². The van der Waals surface area contributed by atoms with Crippen LogP contribution in [0.4, 0.5) is 0 Å². The molecule has 0 atom stereocenters. The van der Waals surface area contributed by atoms with Crippen LogP contribution in [-0.2, 0) is 28.8 Å². The third kappa shape index (κ3) is 4.97. The third-order valence-corrected chi connectivity index (χ3v) is 5.51. The fourth-order valence-electron chi connectivity index (χ4n) is 3.96. The molecule has 0 aliphatic carbocycles. The van der Waals surface area contributed by atoms with Gasteiger partial charge in [-0.3, -0.25) is 4.79 Å². The molecule has 4 heteroatoms. The summed E-state index contributed by atoms with van der Waals surface area (Å²) >= 11 is 0. The lowest BCUT2D eigenvalue weighted by molar-refractivity contribution is -0.143. The molecule has 4 rings (SSSR count). The molecule has 0 radical (unpaired) electrons. The molecule has 1 N–H and O–H groups in total. The van der Waals surface area contributed by atoms with Crippen LogP contribution in [0.15, 0.2) is 79.0 Å². The summed E-state index contributed by atoms with van der Waals surface area (Å²) < 4.78 is 7.20. The Labute approximate surface area is 182 Å². The zero-order valence-electron chi connectivity index (χ0n) is 17.8. The minimum atomic E-state index is -0.163. The third-order valence-electron chi connectivity index (χ3n) is 5.51. The largest absolute Gasteiger partial charge is 0.508 e. The van der Waals surface area contributed by atoms with E-state index in [1.54, 1.807) is 12.1 Å². The van der Waals surface area contributed by atoms with Gasteiger partial charge < -0.3 is 14.4 Å². The smallest absolute Gasteiger partial charge is 0.306 e. The second kappa shape index (κ2) is 9.52. The fraction of sp³-hybridized carbons (Fsp3) is 0.222. The van der Waals surface area contributed by atoms with Gasteiger partial charge in [-0.05, 0) is 67.1 Å². The average molecular weight is 414 g/mol. The molecule has 31 heavy (non-hydrogen) atoms. The average Bonchev–Trinajstić information content (AvgIpc) is 3.15. The summed E-state index contributed by atoms with van der Waals surface area (Å²) in [5.74, 6) is 0.0838. The maximum absolute atomic E-state index is 11.8. The minimum absolute atomic E-state index is 0.163. The van der Waals surface area contributed by atoms with Crippen molar-refractivity contribution in [3.05, 3.63) is 95.7 Å². The monoisotopic (exact) mass is 413 g/mol. The maximum Gasteiger partial charge on any atom is 0.306 e. The molecule has 1 heterocycles. The van der Waals surface area contributed by atoms with Crippen LogP contribution < -0.4 is 0 Å². The van der Waals surface area contributed by atoms with E-state index >= 15 is 0 Å². The summed E-state index contributed by atoms with van der Waals surface area (Å²) in [6, 6.07) is 24.1. The van der Waals surface area contributed by atoms with E-state index in [9.17, 15) is 9.90 Å². The van der Waals surface area contributed by atoms with Crippen LogP contribution >= 0.6 is 0 Å². The van der Waals surface area contributed by atoms with Gasteiger partial charge in [0.2, 0.25) is 0 Å². The second-order valence-corrected chi connectivity index (χ2v) is 7.69. The second-order valence-electron chi connectivity index (χ2n) is 7.69. The SMILES string of the molecule is CCOC(=O)CCc1ccc2c(c1)c(CCc1ccccc1)cn2-c1cccc(O)c1. The first-order chi connectivity index (χ1) is 15.1. The number of carbonyl (C=O) groups is 1. The number of aromatic hydroxyl groups is 1. The van der Waals surface area contributed by atoms with Crippen molar-refractivity contribution in [2.75, 3.05) is 6.61 Å². The van der Waals surface area contributed by atoms with Crippen molar-refractivity contribution in [3.8, 4) is 11.4 Å². The predicted octanol–water partition coefficient (Wildman–Crippen LogP) is 5.62. The van der Waals surface area contributed by atoms with E-state index in [1.165, 1.54) is 16.5 Å². The van der Waals surface area contributed by atoms with Gasteiger partial charge >= 0.3 is 5.97 Å². The van der Waals surface area contributed by atoms with Crippen molar-refractivity contribution in [3.63, 3.8) is 0 Å². The number of benzene rings is 3. The minimum Gasteiger partial charge on any atom is -0.508 e. The molecule has 0 saturated carbocycles. The quantitative estimate of drug-likeness (QED) is 0.382. The highest BCUT2D eigenvalue weighted by Gasteiger charge is 2.12. The normalized spacial score (nSPS) is 11.0. The number of phenols is 1.